The van der Waals surface area contributed by atoms with E-state index in [0.717, 1.165) is 31.7 Å². The Morgan fingerprint density at radius 1 is 1.13 bits per heavy atom. The largest absolute Gasteiger partial charge is 0.322 e. The number of rotatable bonds is 5. The van der Waals surface area contributed by atoms with Gasteiger partial charge in [0.05, 0.1) is 23.6 Å². The summed E-state index contributed by atoms with van der Waals surface area (Å²) in [4.78, 5) is 7.35. The molecule has 0 spiro atoms. The quantitative estimate of drug-likeness (QED) is 0.727. The number of hydrogen-bond acceptors (Lipinski definition) is 3. The molecule has 1 aliphatic heterocycles. The smallest absolute Gasteiger partial charge is 0.112 e. The fourth-order valence-electron chi connectivity index (χ4n) is 3.42. The molecule has 5 nitrogen and oxygen atoms in total. The molecule has 3 heterocycles. The maximum absolute atomic E-state index is 4.86. The second-order valence-electron chi connectivity index (χ2n) is 6.67. The summed E-state index contributed by atoms with van der Waals surface area (Å²) in [5, 5.41) is 4.27. The standard InChI is InChI=1S/C18H23N5/c1-14(2)18-20-16-6-3-4-7-17(16)23(18)15-12-21(13-15)10-11-22-9-5-8-19-22/h3-9,14-15H,10-13H2,1-2H3. The van der Waals surface area contributed by atoms with Crippen LogP contribution in [0.5, 0.6) is 0 Å². The van der Waals surface area contributed by atoms with E-state index in [1.807, 2.05) is 23.1 Å². The second kappa shape index (κ2) is 5.81. The van der Waals surface area contributed by atoms with Crippen molar-refractivity contribution in [3.05, 3.63) is 48.5 Å². The lowest BCUT2D eigenvalue weighted by atomic mass is 10.1. The molecule has 5 heteroatoms. The maximum atomic E-state index is 4.86. The molecule has 0 atom stereocenters. The molecule has 1 saturated heterocycles. The highest BCUT2D eigenvalue weighted by molar-refractivity contribution is 5.76. The molecule has 23 heavy (non-hydrogen) atoms. The van der Waals surface area contributed by atoms with E-state index in [9.17, 15) is 0 Å². The lowest BCUT2D eigenvalue weighted by Crippen LogP contribution is -2.49. The van der Waals surface area contributed by atoms with Gasteiger partial charge in [0.2, 0.25) is 0 Å². The number of para-hydroxylation sites is 2. The van der Waals surface area contributed by atoms with Gasteiger partial charge in [0, 0.05) is 37.9 Å². The number of fused-ring (bicyclic) bond motifs is 1. The van der Waals surface area contributed by atoms with Crippen molar-refractivity contribution in [2.75, 3.05) is 19.6 Å². The molecule has 0 radical (unpaired) electrons. The van der Waals surface area contributed by atoms with Gasteiger partial charge < -0.3 is 4.57 Å². The van der Waals surface area contributed by atoms with Crippen molar-refractivity contribution >= 4 is 11.0 Å². The molecule has 0 saturated carbocycles. The van der Waals surface area contributed by atoms with E-state index in [1.54, 1.807) is 0 Å². The Labute approximate surface area is 136 Å². The Balaban J connectivity index is 1.49. The highest BCUT2D eigenvalue weighted by Crippen LogP contribution is 2.30. The average Bonchev–Trinajstić information content (AvgIpc) is 3.13. The molecule has 1 aliphatic rings. The molecule has 2 aromatic heterocycles. The van der Waals surface area contributed by atoms with Crippen LogP contribution in [0, 0.1) is 0 Å². The van der Waals surface area contributed by atoms with Crippen molar-refractivity contribution in [3.8, 4) is 0 Å². The number of likely N-dealkylation sites (tertiary alicyclic amines) is 1. The summed E-state index contributed by atoms with van der Waals surface area (Å²) in [6.07, 6.45) is 3.86. The fourth-order valence-corrected chi connectivity index (χ4v) is 3.42. The van der Waals surface area contributed by atoms with Crippen LogP contribution in [0.25, 0.3) is 11.0 Å². The Kier molecular flexibility index (Phi) is 3.65. The third-order valence-corrected chi connectivity index (χ3v) is 4.65. The first-order chi connectivity index (χ1) is 11.2. The fraction of sp³-hybridized carbons (Fsp3) is 0.444. The summed E-state index contributed by atoms with van der Waals surface area (Å²) in [5.74, 6) is 1.66. The maximum Gasteiger partial charge on any atom is 0.112 e. The monoisotopic (exact) mass is 309 g/mol. The predicted molar refractivity (Wildman–Crippen MR) is 91.5 cm³/mol. The molecular formula is C18H23N5. The van der Waals surface area contributed by atoms with Crippen LogP contribution in [-0.4, -0.2) is 43.9 Å². The minimum Gasteiger partial charge on any atom is -0.322 e. The Morgan fingerprint density at radius 2 is 1.96 bits per heavy atom. The van der Waals surface area contributed by atoms with Gasteiger partial charge in [0.25, 0.3) is 0 Å². The van der Waals surface area contributed by atoms with Gasteiger partial charge in [0.1, 0.15) is 5.82 Å². The number of aromatic nitrogens is 4. The van der Waals surface area contributed by atoms with Crippen LogP contribution in [0.15, 0.2) is 42.7 Å². The summed E-state index contributed by atoms with van der Waals surface area (Å²) in [5.41, 5.74) is 2.39. The van der Waals surface area contributed by atoms with Crippen molar-refractivity contribution in [2.24, 2.45) is 0 Å². The van der Waals surface area contributed by atoms with Crippen LogP contribution in [0.4, 0.5) is 0 Å². The number of hydrogen-bond donors (Lipinski definition) is 0. The van der Waals surface area contributed by atoms with E-state index in [1.165, 1.54) is 11.3 Å². The SMILES string of the molecule is CC(C)c1nc2ccccc2n1C1CN(CCn2cccn2)C1. The lowest BCUT2D eigenvalue weighted by Gasteiger charge is -2.41. The van der Waals surface area contributed by atoms with Crippen LogP contribution >= 0.6 is 0 Å². The summed E-state index contributed by atoms with van der Waals surface area (Å²) in [6, 6.07) is 11.0. The van der Waals surface area contributed by atoms with Crippen molar-refractivity contribution in [3.63, 3.8) is 0 Å². The minimum absolute atomic E-state index is 0.445. The van der Waals surface area contributed by atoms with E-state index in [-0.39, 0.29) is 0 Å². The summed E-state index contributed by atoms with van der Waals surface area (Å²) in [6.45, 7) is 8.67. The molecule has 120 valence electrons. The number of nitrogens with zero attached hydrogens (tertiary/aromatic N) is 5. The molecule has 1 aromatic carbocycles. The number of imidazole rings is 1. The van der Waals surface area contributed by atoms with E-state index in [0.29, 0.717) is 12.0 Å². The van der Waals surface area contributed by atoms with Gasteiger partial charge >= 0.3 is 0 Å². The van der Waals surface area contributed by atoms with Gasteiger partial charge in [-0.15, -0.1) is 0 Å². The van der Waals surface area contributed by atoms with Gasteiger partial charge in [-0.2, -0.15) is 5.10 Å². The van der Waals surface area contributed by atoms with E-state index >= 15 is 0 Å². The molecule has 0 amide bonds. The highest BCUT2D eigenvalue weighted by Gasteiger charge is 2.31. The molecule has 0 bridgehead atoms. The van der Waals surface area contributed by atoms with Crippen LogP contribution < -0.4 is 0 Å². The van der Waals surface area contributed by atoms with E-state index < -0.39 is 0 Å². The lowest BCUT2D eigenvalue weighted by molar-refractivity contribution is 0.101. The Hall–Kier alpha value is -2.14. The van der Waals surface area contributed by atoms with Crippen LogP contribution in [0.1, 0.15) is 31.6 Å². The van der Waals surface area contributed by atoms with Crippen molar-refractivity contribution in [1.82, 2.24) is 24.2 Å². The van der Waals surface area contributed by atoms with E-state index in [2.05, 4.69) is 52.7 Å². The normalized spacial score (nSPS) is 16.3. The van der Waals surface area contributed by atoms with Crippen molar-refractivity contribution in [1.29, 1.82) is 0 Å². The first-order valence-corrected chi connectivity index (χ1v) is 8.39. The summed E-state index contributed by atoms with van der Waals surface area (Å²) >= 11 is 0. The Morgan fingerprint density at radius 3 is 2.70 bits per heavy atom. The molecule has 1 fully saturated rings. The summed E-state index contributed by atoms with van der Waals surface area (Å²) in [7, 11) is 0. The molecule has 0 aliphatic carbocycles. The summed E-state index contributed by atoms with van der Waals surface area (Å²) < 4.78 is 4.46. The first kappa shape index (κ1) is 14.5. The molecule has 0 unspecified atom stereocenters. The van der Waals surface area contributed by atoms with Gasteiger partial charge in [-0.25, -0.2) is 4.98 Å². The van der Waals surface area contributed by atoms with Gasteiger partial charge in [-0.05, 0) is 18.2 Å². The Bertz CT molecular complexity index is 781. The first-order valence-electron chi connectivity index (χ1n) is 8.39. The second-order valence-corrected chi connectivity index (χ2v) is 6.67. The van der Waals surface area contributed by atoms with Crippen molar-refractivity contribution in [2.45, 2.75) is 32.4 Å². The molecule has 3 aromatic rings. The van der Waals surface area contributed by atoms with Crippen LogP contribution in [-0.2, 0) is 6.54 Å². The van der Waals surface area contributed by atoms with Crippen LogP contribution in [0.3, 0.4) is 0 Å². The average molecular weight is 309 g/mol. The van der Waals surface area contributed by atoms with Gasteiger partial charge in [-0.3, -0.25) is 9.58 Å². The molecule has 4 rings (SSSR count). The van der Waals surface area contributed by atoms with Gasteiger partial charge in [0.15, 0.2) is 0 Å². The van der Waals surface area contributed by atoms with Crippen LogP contribution in [0.2, 0.25) is 0 Å². The highest BCUT2D eigenvalue weighted by atomic mass is 15.3. The topological polar surface area (TPSA) is 38.9 Å². The third-order valence-electron chi connectivity index (χ3n) is 4.65. The zero-order valence-corrected chi connectivity index (χ0v) is 13.8. The van der Waals surface area contributed by atoms with Gasteiger partial charge in [-0.1, -0.05) is 26.0 Å². The van der Waals surface area contributed by atoms with E-state index in [4.69, 9.17) is 4.98 Å². The van der Waals surface area contributed by atoms with Crippen molar-refractivity contribution < 1.29 is 0 Å². The predicted octanol–water partition coefficient (Wildman–Crippen LogP) is 2.91. The molecule has 0 N–H and O–H groups in total. The minimum atomic E-state index is 0.445. The number of benzene rings is 1. The third kappa shape index (κ3) is 2.65. The zero-order valence-electron chi connectivity index (χ0n) is 13.8. The molecular weight excluding hydrogens is 286 g/mol. The zero-order chi connectivity index (χ0) is 15.8.